The molecule has 0 aliphatic rings. The van der Waals surface area contributed by atoms with E-state index in [1.54, 1.807) is 7.11 Å². The van der Waals surface area contributed by atoms with E-state index in [1.165, 1.54) is 6.92 Å². The average molecular weight is 195 g/mol. The van der Waals surface area contributed by atoms with E-state index in [4.69, 9.17) is 0 Å². The quantitative estimate of drug-likeness (QED) is 0.786. The highest BCUT2D eigenvalue weighted by atomic mass is 16.5. The van der Waals surface area contributed by atoms with Crippen LogP contribution in [0.4, 0.5) is 5.69 Å². The summed E-state index contributed by atoms with van der Waals surface area (Å²) in [5.41, 5.74) is 0.843. The number of carbonyl (C=O) groups excluding carboxylic acids is 1. The molecule has 3 heteroatoms. The Morgan fingerprint density at radius 3 is 2.21 bits per heavy atom. The Morgan fingerprint density at radius 1 is 1.36 bits per heavy atom. The molecule has 0 atom stereocenters. The summed E-state index contributed by atoms with van der Waals surface area (Å²) in [7, 11) is 1.68. The Hall–Kier alpha value is -1.35. The first-order valence-electron chi connectivity index (χ1n) is 4.52. The normalized spacial score (nSPS) is 8.50. The van der Waals surface area contributed by atoms with E-state index in [1.807, 2.05) is 37.3 Å². The van der Waals surface area contributed by atoms with E-state index < -0.39 is 0 Å². The van der Waals surface area contributed by atoms with Crippen LogP contribution in [0.2, 0.25) is 0 Å². The molecule has 0 saturated heterocycles. The van der Waals surface area contributed by atoms with Crippen LogP contribution in [0.15, 0.2) is 30.3 Å². The molecule has 0 unspecified atom stereocenters. The molecule has 0 fully saturated rings. The second kappa shape index (κ2) is 8.26. The van der Waals surface area contributed by atoms with E-state index in [-0.39, 0.29) is 5.91 Å². The molecule has 0 bridgehead atoms. The number of anilines is 1. The maximum Gasteiger partial charge on any atom is 0.221 e. The predicted molar refractivity (Wildman–Crippen MR) is 58.3 cm³/mol. The van der Waals surface area contributed by atoms with Crippen molar-refractivity contribution < 1.29 is 9.53 Å². The fourth-order valence-electron chi connectivity index (χ4n) is 0.725. The summed E-state index contributed by atoms with van der Waals surface area (Å²) < 4.78 is 4.54. The van der Waals surface area contributed by atoms with Gasteiger partial charge in [-0.05, 0) is 19.1 Å². The molecule has 1 rings (SSSR count). The van der Waals surface area contributed by atoms with Crippen molar-refractivity contribution in [1.82, 2.24) is 0 Å². The minimum absolute atomic E-state index is 0.0359. The van der Waals surface area contributed by atoms with Crippen LogP contribution >= 0.6 is 0 Å². The number of carbonyl (C=O) groups is 1. The van der Waals surface area contributed by atoms with E-state index >= 15 is 0 Å². The Morgan fingerprint density at radius 2 is 1.86 bits per heavy atom. The first-order valence-corrected chi connectivity index (χ1v) is 4.52. The highest BCUT2D eigenvalue weighted by Crippen LogP contribution is 2.03. The lowest BCUT2D eigenvalue weighted by atomic mass is 10.3. The van der Waals surface area contributed by atoms with Gasteiger partial charge in [0.25, 0.3) is 0 Å². The SMILES string of the molecule is CC(=O)Nc1ccccc1.CCOC. The van der Waals surface area contributed by atoms with Crippen molar-refractivity contribution in [3.8, 4) is 0 Å². The summed E-state index contributed by atoms with van der Waals surface area (Å²) in [4.78, 5) is 10.5. The molecule has 0 radical (unpaired) electrons. The van der Waals surface area contributed by atoms with E-state index in [0.29, 0.717) is 0 Å². The van der Waals surface area contributed by atoms with Crippen LogP contribution in [-0.4, -0.2) is 19.6 Å². The molecule has 3 nitrogen and oxygen atoms in total. The van der Waals surface area contributed by atoms with Gasteiger partial charge >= 0.3 is 0 Å². The van der Waals surface area contributed by atoms with Crippen molar-refractivity contribution >= 4 is 11.6 Å². The average Bonchev–Trinajstić information content (AvgIpc) is 2.19. The van der Waals surface area contributed by atoms with Gasteiger partial charge in [0.05, 0.1) is 0 Å². The molecule has 1 N–H and O–H groups in total. The summed E-state index contributed by atoms with van der Waals surface area (Å²) in [6.07, 6.45) is 0. The number of para-hydroxylation sites is 1. The third kappa shape index (κ3) is 7.31. The zero-order valence-corrected chi connectivity index (χ0v) is 8.91. The number of amides is 1. The Kier molecular flexibility index (Phi) is 7.46. The van der Waals surface area contributed by atoms with Crippen LogP contribution in [0.5, 0.6) is 0 Å². The van der Waals surface area contributed by atoms with Crippen molar-refractivity contribution in [2.24, 2.45) is 0 Å². The van der Waals surface area contributed by atoms with Crippen molar-refractivity contribution in [1.29, 1.82) is 0 Å². The summed E-state index contributed by atoms with van der Waals surface area (Å²) in [6.45, 7) is 4.27. The molecule has 0 heterocycles. The summed E-state index contributed by atoms with van der Waals surface area (Å²) in [5.74, 6) is -0.0359. The Balaban J connectivity index is 0.000000364. The lowest BCUT2D eigenvalue weighted by molar-refractivity contribution is -0.114. The van der Waals surface area contributed by atoms with Gasteiger partial charge in [-0.25, -0.2) is 0 Å². The van der Waals surface area contributed by atoms with Crippen molar-refractivity contribution in [3.05, 3.63) is 30.3 Å². The van der Waals surface area contributed by atoms with Crippen LogP contribution in [0.1, 0.15) is 13.8 Å². The zero-order chi connectivity index (χ0) is 10.8. The van der Waals surface area contributed by atoms with Gasteiger partial charge in [-0.15, -0.1) is 0 Å². The highest BCUT2D eigenvalue weighted by molar-refractivity contribution is 5.88. The minimum atomic E-state index is -0.0359. The van der Waals surface area contributed by atoms with Crippen LogP contribution in [0, 0.1) is 0 Å². The summed E-state index contributed by atoms with van der Waals surface area (Å²) in [6, 6.07) is 9.37. The third-order valence-corrected chi connectivity index (χ3v) is 1.38. The molecular weight excluding hydrogens is 178 g/mol. The first kappa shape index (κ1) is 12.7. The third-order valence-electron chi connectivity index (χ3n) is 1.38. The van der Waals surface area contributed by atoms with Gasteiger partial charge in [0.1, 0.15) is 0 Å². The highest BCUT2D eigenvalue weighted by Gasteiger charge is 1.90. The van der Waals surface area contributed by atoms with Crippen molar-refractivity contribution in [2.75, 3.05) is 19.0 Å². The smallest absolute Gasteiger partial charge is 0.221 e. The molecule has 14 heavy (non-hydrogen) atoms. The molecule has 1 aromatic carbocycles. The molecule has 78 valence electrons. The summed E-state index contributed by atoms with van der Waals surface area (Å²) in [5, 5.41) is 2.67. The van der Waals surface area contributed by atoms with Crippen LogP contribution in [0.3, 0.4) is 0 Å². The van der Waals surface area contributed by atoms with Crippen LogP contribution < -0.4 is 5.32 Å². The summed E-state index contributed by atoms with van der Waals surface area (Å²) >= 11 is 0. The number of hydrogen-bond acceptors (Lipinski definition) is 2. The number of ether oxygens (including phenoxy) is 1. The topological polar surface area (TPSA) is 38.3 Å². The van der Waals surface area contributed by atoms with Crippen LogP contribution in [0.25, 0.3) is 0 Å². The van der Waals surface area contributed by atoms with E-state index in [9.17, 15) is 4.79 Å². The number of rotatable bonds is 2. The molecule has 0 saturated carbocycles. The molecule has 0 aromatic heterocycles. The predicted octanol–water partition coefficient (Wildman–Crippen LogP) is 2.30. The fourth-order valence-corrected chi connectivity index (χ4v) is 0.725. The largest absolute Gasteiger partial charge is 0.385 e. The van der Waals surface area contributed by atoms with E-state index in [0.717, 1.165) is 12.3 Å². The first-order chi connectivity index (χ1) is 6.70. The number of nitrogens with one attached hydrogen (secondary N) is 1. The van der Waals surface area contributed by atoms with Gasteiger partial charge in [0, 0.05) is 26.3 Å². The van der Waals surface area contributed by atoms with Gasteiger partial charge in [-0.3, -0.25) is 4.79 Å². The van der Waals surface area contributed by atoms with Crippen molar-refractivity contribution in [3.63, 3.8) is 0 Å². The zero-order valence-electron chi connectivity index (χ0n) is 8.91. The van der Waals surface area contributed by atoms with Gasteiger partial charge in [0.2, 0.25) is 5.91 Å². The molecule has 1 amide bonds. The number of hydrogen-bond donors (Lipinski definition) is 1. The molecule has 0 aliphatic carbocycles. The molecule has 0 spiro atoms. The number of benzene rings is 1. The standard InChI is InChI=1S/C8H9NO.C3H8O/c1-7(10)9-8-5-3-2-4-6-8;1-3-4-2/h2-6H,1H3,(H,9,10);3H2,1-2H3. The maximum atomic E-state index is 10.5. The monoisotopic (exact) mass is 195 g/mol. The lowest BCUT2D eigenvalue weighted by Gasteiger charge is -1.98. The van der Waals surface area contributed by atoms with Gasteiger partial charge < -0.3 is 10.1 Å². The second-order valence-electron chi connectivity index (χ2n) is 2.62. The van der Waals surface area contributed by atoms with Gasteiger partial charge in [-0.1, -0.05) is 18.2 Å². The minimum Gasteiger partial charge on any atom is -0.385 e. The Bertz CT molecular complexity index is 245. The molecule has 1 aromatic rings. The van der Waals surface area contributed by atoms with Gasteiger partial charge in [0.15, 0.2) is 0 Å². The maximum absolute atomic E-state index is 10.5. The Labute approximate surface area is 85.1 Å². The molecular formula is C11H17NO2. The fraction of sp³-hybridized carbons (Fsp3) is 0.364. The van der Waals surface area contributed by atoms with E-state index in [2.05, 4.69) is 10.1 Å². The second-order valence-corrected chi connectivity index (χ2v) is 2.62. The van der Waals surface area contributed by atoms with Crippen LogP contribution in [-0.2, 0) is 9.53 Å². The lowest BCUT2D eigenvalue weighted by Crippen LogP contribution is -2.04. The van der Waals surface area contributed by atoms with Crippen molar-refractivity contribution in [2.45, 2.75) is 13.8 Å². The van der Waals surface area contributed by atoms with Gasteiger partial charge in [-0.2, -0.15) is 0 Å². The number of methoxy groups -OCH3 is 1. The molecule has 0 aliphatic heterocycles.